The van der Waals surface area contributed by atoms with Gasteiger partial charge in [-0.15, -0.1) is 0 Å². The highest BCUT2D eigenvalue weighted by atomic mass is 15.0. The minimum absolute atomic E-state index is 0.313. The van der Waals surface area contributed by atoms with E-state index in [2.05, 4.69) is 126 Å². The molecule has 8 aliphatic carbocycles. The first-order valence-corrected chi connectivity index (χ1v) is 26.1. The maximum Gasteiger partial charge on any atom is 0.164 e. The molecule has 8 saturated carbocycles. The van der Waals surface area contributed by atoms with Crippen LogP contribution in [0.3, 0.4) is 0 Å². The Balaban J connectivity index is 0.868. The van der Waals surface area contributed by atoms with Crippen LogP contribution in [-0.2, 0) is 10.8 Å². The zero-order valence-electron chi connectivity index (χ0n) is 39.8. The second-order valence-electron chi connectivity index (χ2n) is 22.7. The van der Waals surface area contributed by atoms with Crippen molar-refractivity contribution in [1.82, 2.24) is 19.9 Å². The lowest BCUT2D eigenvalue weighted by Crippen LogP contribution is -2.48. The molecule has 8 bridgehead atoms. The second kappa shape index (κ2) is 16.6. The van der Waals surface area contributed by atoms with Gasteiger partial charge < -0.3 is 0 Å². The van der Waals surface area contributed by atoms with Gasteiger partial charge in [-0.1, -0.05) is 97.1 Å². The summed E-state index contributed by atoms with van der Waals surface area (Å²) in [6, 6.07) is 57.4. The Hall–Kier alpha value is -7.03. The summed E-state index contributed by atoms with van der Waals surface area (Å²) in [6.07, 6.45) is 20.5. The van der Waals surface area contributed by atoms with Crippen molar-refractivity contribution >= 4 is 0 Å². The molecule has 0 saturated heterocycles. The molecule has 0 atom stereocenters. The van der Waals surface area contributed by atoms with Crippen LogP contribution in [0.15, 0.2) is 164 Å². The van der Waals surface area contributed by atoms with Gasteiger partial charge in [-0.2, -0.15) is 5.26 Å². The van der Waals surface area contributed by atoms with Gasteiger partial charge in [0.05, 0.1) is 11.6 Å². The standard InChI is InChI=1S/C65H57N5/c66-40-41-7-9-49(10-8-41)56-31-57(54-5-1-3-52(29-54)48-11-15-59(16-12-48)64-34-42-23-43(35-64)25-44(24-42)36-64)33-58(32-56)63-69-61(68-62(70-63)55-6-2-4-53(30-55)50-19-21-67-22-20-50)51-13-17-60(18-14-51)65-37-45-26-46(38-65)28-47(27-45)39-65/h1-22,29-33,42-47H,23-28,34-39H2. The molecule has 0 N–H and O–H groups in total. The molecular formula is C65H57N5. The Labute approximate surface area is 412 Å². The van der Waals surface area contributed by atoms with E-state index >= 15 is 0 Å². The molecule has 70 heavy (non-hydrogen) atoms. The van der Waals surface area contributed by atoms with Crippen LogP contribution in [0.2, 0.25) is 0 Å². The molecule has 16 rings (SSSR count). The Kier molecular flexibility index (Phi) is 9.91. The Morgan fingerprint density at radius 2 is 0.686 bits per heavy atom. The molecule has 0 radical (unpaired) electrons. The van der Waals surface area contributed by atoms with E-state index in [0.717, 1.165) is 85.6 Å². The summed E-state index contributed by atoms with van der Waals surface area (Å²) >= 11 is 0. The van der Waals surface area contributed by atoms with Crippen molar-refractivity contribution in [3.63, 3.8) is 0 Å². The summed E-state index contributed by atoms with van der Waals surface area (Å²) in [6.45, 7) is 0. The number of hydrogen-bond acceptors (Lipinski definition) is 5. The van der Waals surface area contributed by atoms with Gasteiger partial charge in [0.15, 0.2) is 17.5 Å². The van der Waals surface area contributed by atoms with Crippen molar-refractivity contribution in [2.24, 2.45) is 35.5 Å². The van der Waals surface area contributed by atoms with Crippen LogP contribution in [0.25, 0.3) is 78.7 Å². The van der Waals surface area contributed by atoms with Gasteiger partial charge in [0.1, 0.15) is 0 Å². The molecule has 342 valence electrons. The molecule has 0 amide bonds. The van der Waals surface area contributed by atoms with E-state index in [-0.39, 0.29) is 0 Å². The molecule has 5 nitrogen and oxygen atoms in total. The number of aromatic nitrogens is 4. The second-order valence-corrected chi connectivity index (χ2v) is 22.7. The monoisotopic (exact) mass is 907 g/mol. The summed E-state index contributed by atoms with van der Waals surface area (Å²) in [5.74, 6) is 7.35. The van der Waals surface area contributed by atoms with E-state index in [9.17, 15) is 5.26 Å². The summed E-state index contributed by atoms with van der Waals surface area (Å²) in [5.41, 5.74) is 16.1. The van der Waals surface area contributed by atoms with Crippen molar-refractivity contribution in [2.45, 2.75) is 87.9 Å². The molecule has 8 fully saturated rings. The van der Waals surface area contributed by atoms with E-state index in [1.165, 1.54) is 93.7 Å². The molecule has 0 aliphatic heterocycles. The highest BCUT2D eigenvalue weighted by Gasteiger charge is 2.52. The third kappa shape index (κ3) is 7.50. The molecule has 2 heterocycles. The summed E-state index contributed by atoms with van der Waals surface area (Å²) in [5, 5.41) is 9.72. The van der Waals surface area contributed by atoms with Gasteiger partial charge in [0.2, 0.25) is 0 Å². The lowest BCUT2D eigenvalue weighted by molar-refractivity contribution is -0.00530. The van der Waals surface area contributed by atoms with E-state index in [1.807, 2.05) is 48.8 Å². The van der Waals surface area contributed by atoms with Crippen molar-refractivity contribution in [1.29, 1.82) is 5.26 Å². The topological polar surface area (TPSA) is 75.3 Å². The molecule has 0 unspecified atom stereocenters. The molecule has 5 heteroatoms. The molecule has 0 spiro atoms. The molecule has 2 aromatic heterocycles. The smallest absolute Gasteiger partial charge is 0.164 e. The fraction of sp³-hybridized carbons (Fsp3) is 0.308. The first-order valence-electron chi connectivity index (χ1n) is 26.1. The minimum atomic E-state index is 0.313. The van der Waals surface area contributed by atoms with Crippen molar-refractivity contribution in [3.05, 3.63) is 181 Å². The van der Waals surface area contributed by atoms with E-state index in [0.29, 0.717) is 33.9 Å². The zero-order valence-corrected chi connectivity index (χ0v) is 39.8. The van der Waals surface area contributed by atoms with Crippen LogP contribution in [0.4, 0.5) is 0 Å². The number of nitrogens with zero attached hydrogens (tertiary/aromatic N) is 5. The molecule has 8 aliphatic rings. The normalized spacial score (nSPS) is 26.8. The quantitative estimate of drug-likeness (QED) is 0.144. The van der Waals surface area contributed by atoms with Crippen LogP contribution in [0.5, 0.6) is 0 Å². The molecular weight excluding hydrogens is 851 g/mol. The van der Waals surface area contributed by atoms with Gasteiger partial charge in [-0.25, -0.2) is 15.0 Å². The largest absolute Gasteiger partial charge is 0.265 e. The van der Waals surface area contributed by atoms with Crippen LogP contribution in [-0.4, -0.2) is 19.9 Å². The lowest BCUT2D eigenvalue weighted by Gasteiger charge is -2.57. The highest BCUT2D eigenvalue weighted by molar-refractivity contribution is 5.83. The van der Waals surface area contributed by atoms with Crippen LogP contribution < -0.4 is 0 Å². The van der Waals surface area contributed by atoms with Gasteiger partial charge in [0, 0.05) is 29.1 Å². The number of nitriles is 1. The van der Waals surface area contributed by atoms with Crippen molar-refractivity contribution < 1.29 is 0 Å². The van der Waals surface area contributed by atoms with Gasteiger partial charge in [-0.05, 0) is 234 Å². The third-order valence-electron chi connectivity index (χ3n) is 18.2. The maximum atomic E-state index is 9.72. The van der Waals surface area contributed by atoms with Gasteiger partial charge in [-0.3, -0.25) is 4.98 Å². The fourth-order valence-electron chi connectivity index (χ4n) is 15.8. The third-order valence-corrected chi connectivity index (χ3v) is 18.2. The Morgan fingerprint density at radius 1 is 0.343 bits per heavy atom. The summed E-state index contributed by atoms with van der Waals surface area (Å²) in [7, 11) is 0. The van der Waals surface area contributed by atoms with E-state index in [1.54, 1.807) is 5.56 Å². The first-order chi connectivity index (χ1) is 34.4. The van der Waals surface area contributed by atoms with Gasteiger partial charge in [0.25, 0.3) is 0 Å². The Bertz CT molecular complexity index is 3260. The lowest BCUT2D eigenvalue weighted by atomic mass is 9.48. The van der Waals surface area contributed by atoms with E-state index < -0.39 is 0 Å². The highest BCUT2D eigenvalue weighted by Crippen LogP contribution is 2.62. The minimum Gasteiger partial charge on any atom is -0.265 e. The summed E-state index contributed by atoms with van der Waals surface area (Å²) < 4.78 is 0. The number of benzene rings is 6. The molecule has 8 aromatic rings. The Morgan fingerprint density at radius 3 is 1.19 bits per heavy atom. The SMILES string of the molecule is N#Cc1ccc(-c2cc(-c3cccc(-c4ccc(C56CC7CC(CC(C7)C5)C6)cc4)c3)cc(-c3nc(-c4ccc(C56CC7CC(CC(C7)C5)C6)cc4)nc(-c4cccc(-c5ccncc5)c4)n3)c2)cc1. The molecule has 6 aromatic carbocycles. The zero-order chi connectivity index (χ0) is 46.4. The number of pyridine rings is 1. The van der Waals surface area contributed by atoms with Gasteiger partial charge >= 0.3 is 0 Å². The van der Waals surface area contributed by atoms with Crippen molar-refractivity contribution in [3.8, 4) is 84.7 Å². The first kappa shape index (κ1) is 41.9. The fourth-order valence-corrected chi connectivity index (χ4v) is 15.8. The predicted molar refractivity (Wildman–Crippen MR) is 280 cm³/mol. The number of hydrogen-bond donors (Lipinski definition) is 0. The summed E-state index contributed by atoms with van der Waals surface area (Å²) in [4.78, 5) is 20.3. The van der Waals surface area contributed by atoms with Crippen molar-refractivity contribution in [2.75, 3.05) is 0 Å². The average Bonchev–Trinajstić information content (AvgIpc) is 3.40. The van der Waals surface area contributed by atoms with E-state index in [4.69, 9.17) is 15.0 Å². The maximum absolute atomic E-state index is 9.72. The van der Waals surface area contributed by atoms with Crippen LogP contribution >= 0.6 is 0 Å². The van der Waals surface area contributed by atoms with Crippen LogP contribution in [0.1, 0.15) is 93.7 Å². The van der Waals surface area contributed by atoms with Crippen LogP contribution in [0, 0.1) is 46.8 Å². The average molecular weight is 908 g/mol. The predicted octanol–water partition coefficient (Wildman–Crippen LogP) is 15.7. The number of rotatable bonds is 9.